The molecule has 0 radical (unpaired) electrons. The number of amides is 2. The Morgan fingerprint density at radius 2 is 2.04 bits per heavy atom. The molecule has 1 aromatic carbocycles. The topological polar surface area (TPSA) is 32.3 Å². The fourth-order valence-electron chi connectivity index (χ4n) is 2.62. The van der Waals surface area contributed by atoms with Crippen molar-refractivity contribution in [1.82, 2.24) is 10.2 Å². The third-order valence-electron chi connectivity index (χ3n) is 4.20. The minimum atomic E-state index is 0.0257. The summed E-state index contributed by atoms with van der Waals surface area (Å²) in [5, 5.41) is 3.07. The molecule has 1 N–H and O–H groups in total. The Balaban J connectivity index is 1.66. The van der Waals surface area contributed by atoms with Gasteiger partial charge in [-0.05, 0) is 59.3 Å². The molecule has 1 heterocycles. The van der Waals surface area contributed by atoms with E-state index in [-0.39, 0.29) is 12.1 Å². The minimum Gasteiger partial charge on any atom is -0.333 e. The number of carbonyl (C=O) groups is 1. The maximum Gasteiger partial charge on any atom is 0.318 e. The van der Waals surface area contributed by atoms with Gasteiger partial charge < -0.3 is 10.2 Å². The monoisotopic (exact) mass is 392 g/mol. The van der Waals surface area contributed by atoms with Crippen LogP contribution in [0.15, 0.2) is 46.3 Å². The number of nitrogens with one attached hydrogen (secondary N) is 1. The predicted octanol–water partition coefficient (Wildman–Crippen LogP) is 5.19. The number of halogens is 1. The summed E-state index contributed by atoms with van der Waals surface area (Å²) in [5.41, 5.74) is 1.18. The number of nitrogens with zero attached hydrogens (tertiary/aromatic N) is 1. The molecule has 0 saturated heterocycles. The first kappa shape index (κ1) is 16.5. The van der Waals surface area contributed by atoms with Crippen LogP contribution < -0.4 is 5.32 Å². The summed E-state index contributed by atoms with van der Waals surface area (Å²) >= 11 is 5.11. The standard InChI is InChI=1S/C18H21BrN2OS/c1-13(15-5-3-2-4-6-15)21(12-14-7-8-14)18(22)20-11-16-9-10-17(19)23-16/h2-6,9-10,13-14H,7-8,11-12H2,1H3,(H,20,22). The van der Waals surface area contributed by atoms with Gasteiger partial charge in [-0.15, -0.1) is 11.3 Å². The highest BCUT2D eigenvalue weighted by molar-refractivity contribution is 9.11. The molecule has 5 heteroatoms. The summed E-state index contributed by atoms with van der Waals surface area (Å²) in [6, 6.07) is 14.4. The van der Waals surface area contributed by atoms with Crippen LogP contribution in [0.5, 0.6) is 0 Å². The first-order valence-electron chi connectivity index (χ1n) is 7.97. The van der Waals surface area contributed by atoms with Crippen molar-refractivity contribution in [3.8, 4) is 0 Å². The van der Waals surface area contributed by atoms with Crippen molar-refractivity contribution in [2.24, 2.45) is 5.92 Å². The van der Waals surface area contributed by atoms with Crippen molar-refractivity contribution in [2.75, 3.05) is 6.54 Å². The molecule has 2 aromatic rings. The van der Waals surface area contributed by atoms with Crippen LogP contribution in [0, 0.1) is 5.92 Å². The zero-order chi connectivity index (χ0) is 16.2. The van der Waals surface area contributed by atoms with Gasteiger partial charge in [0.05, 0.1) is 16.4 Å². The average Bonchev–Trinajstić information content (AvgIpc) is 3.30. The smallest absolute Gasteiger partial charge is 0.318 e. The van der Waals surface area contributed by atoms with E-state index in [0.717, 1.165) is 15.2 Å². The minimum absolute atomic E-state index is 0.0257. The van der Waals surface area contributed by atoms with E-state index < -0.39 is 0 Å². The molecule has 0 spiro atoms. The van der Waals surface area contributed by atoms with Crippen molar-refractivity contribution >= 4 is 33.3 Å². The van der Waals surface area contributed by atoms with Gasteiger partial charge in [-0.1, -0.05) is 30.3 Å². The average molecular weight is 393 g/mol. The fourth-order valence-corrected chi connectivity index (χ4v) is 4.04. The highest BCUT2D eigenvalue weighted by atomic mass is 79.9. The van der Waals surface area contributed by atoms with Gasteiger partial charge in [0.15, 0.2) is 0 Å². The molecule has 0 aliphatic heterocycles. The lowest BCUT2D eigenvalue weighted by Crippen LogP contribution is -2.42. The summed E-state index contributed by atoms with van der Waals surface area (Å²) in [6.45, 7) is 3.53. The van der Waals surface area contributed by atoms with E-state index in [0.29, 0.717) is 12.5 Å². The number of thiophene rings is 1. The van der Waals surface area contributed by atoms with Gasteiger partial charge in [0, 0.05) is 11.4 Å². The van der Waals surface area contributed by atoms with Gasteiger partial charge in [-0.3, -0.25) is 0 Å². The van der Waals surface area contributed by atoms with Crippen LogP contribution in [0.2, 0.25) is 0 Å². The summed E-state index contributed by atoms with van der Waals surface area (Å²) in [5.74, 6) is 0.669. The Morgan fingerprint density at radius 3 is 2.65 bits per heavy atom. The molecule has 3 rings (SSSR count). The largest absolute Gasteiger partial charge is 0.333 e. The van der Waals surface area contributed by atoms with Crippen molar-refractivity contribution < 1.29 is 4.79 Å². The number of urea groups is 1. The van der Waals surface area contributed by atoms with Crippen LogP contribution >= 0.6 is 27.3 Å². The molecule has 1 saturated carbocycles. The molecule has 1 aromatic heterocycles. The second-order valence-electron chi connectivity index (χ2n) is 6.05. The van der Waals surface area contributed by atoms with Gasteiger partial charge in [-0.25, -0.2) is 4.79 Å². The van der Waals surface area contributed by atoms with Gasteiger partial charge in [0.25, 0.3) is 0 Å². The Kier molecular flexibility index (Phi) is 5.38. The SMILES string of the molecule is CC(c1ccccc1)N(CC1CC1)C(=O)NCc1ccc(Br)s1. The molecule has 1 atom stereocenters. The summed E-state index contributed by atoms with van der Waals surface area (Å²) < 4.78 is 1.09. The van der Waals surface area contributed by atoms with Crippen molar-refractivity contribution in [3.05, 3.63) is 56.7 Å². The molecule has 0 bridgehead atoms. The Hall–Kier alpha value is -1.33. The van der Waals surface area contributed by atoms with E-state index >= 15 is 0 Å². The van der Waals surface area contributed by atoms with Gasteiger partial charge in [0.2, 0.25) is 0 Å². The van der Waals surface area contributed by atoms with E-state index in [4.69, 9.17) is 0 Å². The molecule has 1 aliphatic rings. The maximum atomic E-state index is 12.7. The van der Waals surface area contributed by atoms with Crippen LogP contribution in [-0.4, -0.2) is 17.5 Å². The summed E-state index contributed by atoms with van der Waals surface area (Å²) in [4.78, 5) is 15.8. The molecular weight excluding hydrogens is 372 g/mol. The number of hydrogen-bond acceptors (Lipinski definition) is 2. The quantitative estimate of drug-likeness (QED) is 0.720. The molecule has 1 aliphatic carbocycles. The van der Waals surface area contributed by atoms with E-state index in [1.165, 1.54) is 18.4 Å². The third-order valence-corrected chi connectivity index (χ3v) is 5.83. The maximum absolute atomic E-state index is 12.7. The zero-order valence-electron chi connectivity index (χ0n) is 13.2. The fraction of sp³-hybridized carbons (Fsp3) is 0.389. The second-order valence-corrected chi connectivity index (χ2v) is 8.59. The third kappa shape index (κ3) is 4.58. The molecule has 1 unspecified atom stereocenters. The van der Waals surface area contributed by atoms with Gasteiger partial charge in [0.1, 0.15) is 0 Å². The first-order chi connectivity index (χ1) is 11.1. The number of carbonyl (C=O) groups excluding carboxylic acids is 1. The van der Waals surface area contributed by atoms with Crippen molar-refractivity contribution in [3.63, 3.8) is 0 Å². The molecule has 122 valence electrons. The highest BCUT2D eigenvalue weighted by Crippen LogP contribution is 2.33. The van der Waals surface area contributed by atoms with Crippen LogP contribution in [-0.2, 0) is 6.54 Å². The van der Waals surface area contributed by atoms with Crippen LogP contribution in [0.25, 0.3) is 0 Å². The lowest BCUT2D eigenvalue weighted by Gasteiger charge is -2.30. The Morgan fingerprint density at radius 1 is 1.30 bits per heavy atom. The molecule has 3 nitrogen and oxygen atoms in total. The van der Waals surface area contributed by atoms with Crippen molar-refractivity contribution in [2.45, 2.75) is 32.4 Å². The molecule has 1 fully saturated rings. The van der Waals surface area contributed by atoms with Crippen LogP contribution in [0.3, 0.4) is 0 Å². The van der Waals surface area contributed by atoms with E-state index in [1.807, 2.05) is 35.2 Å². The lowest BCUT2D eigenvalue weighted by atomic mass is 10.1. The number of hydrogen-bond donors (Lipinski definition) is 1. The molecule has 23 heavy (non-hydrogen) atoms. The Labute approximate surface area is 149 Å². The number of rotatable bonds is 6. The van der Waals surface area contributed by atoms with Gasteiger partial charge >= 0.3 is 6.03 Å². The van der Waals surface area contributed by atoms with Crippen molar-refractivity contribution in [1.29, 1.82) is 0 Å². The Bertz CT molecular complexity index is 654. The first-order valence-corrected chi connectivity index (χ1v) is 9.58. The van der Waals surface area contributed by atoms with E-state index in [9.17, 15) is 4.79 Å². The lowest BCUT2D eigenvalue weighted by molar-refractivity contribution is 0.175. The molecular formula is C18H21BrN2OS. The summed E-state index contributed by atoms with van der Waals surface area (Å²) in [7, 11) is 0. The van der Waals surface area contributed by atoms with Crippen LogP contribution in [0.1, 0.15) is 36.2 Å². The predicted molar refractivity (Wildman–Crippen MR) is 98.5 cm³/mol. The normalized spacial score (nSPS) is 15.2. The second kappa shape index (κ2) is 7.49. The highest BCUT2D eigenvalue weighted by Gasteiger charge is 2.30. The van der Waals surface area contributed by atoms with Crippen LogP contribution in [0.4, 0.5) is 4.79 Å². The van der Waals surface area contributed by atoms with E-state index in [1.54, 1.807) is 11.3 Å². The van der Waals surface area contributed by atoms with Gasteiger partial charge in [-0.2, -0.15) is 0 Å². The summed E-state index contributed by atoms with van der Waals surface area (Å²) in [6.07, 6.45) is 2.48. The zero-order valence-corrected chi connectivity index (χ0v) is 15.6. The molecule has 2 amide bonds. The number of benzene rings is 1. The van der Waals surface area contributed by atoms with E-state index in [2.05, 4.69) is 40.3 Å².